The third-order valence-corrected chi connectivity index (χ3v) is 6.63. The highest BCUT2D eigenvalue weighted by Gasteiger charge is 2.45. The fourth-order valence-electron chi connectivity index (χ4n) is 5.02. The fraction of sp³-hybridized carbons (Fsp3) is 0.545. The van der Waals surface area contributed by atoms with Crippen molar-refractivity contribution >= 4 is 22.6 Å². The van der Waals surface area contributed by atoms with Crippen molar-refractivity contribution in [1.29, 1.82) is 0 Å². The molecule has 1 amide bonds. The molecular formula is C22H26FN3O. The zero-order valence-electron chi connectivity index (χ0n) is 15.9. The van der Waals surface area contributed by atoms with E-state index in [0.29, 0.717) is 18.4 Å². The SMILES string of the molecule is Cc1cc(N2CCC[C@@]3(CCC(=O)N(C4CC4)C3)C2)nc2cc(F)ccc12. The summed E-state index contributed by atoms with van der Waals surface area (Å²) in [5, 5.41) is 1.01. The van der Waals surface area contributed by atoms with Crippen LogP contribution >= 0.6 is 0 Å². The predicted molar refractivity (Wildman–Crippen MR) is 104 cm³/mol. The lowest BCUT2D eigenvalue weighted by atomic mass is 9.73. The average molecular weight is 367 g/mol. The topological polar surface area (TPSA) is 36.4 Å². The van der Waals surface area contributed by atoms with Gasteiger partial charge in [0.1, 0.15) is 11.6 Å². The van der Waals surface area contributed by atoms with Gasteiger partial charge in [0.05, 0.1) is 5.52 Å². The monoisotopic (exact) mass is 367 g/mol. The smallest absolute Gasteiger partial charge is 0.222 e. The Kier molecular flexibility index (Phi) is 3.88. The number of hydrogen-bond acceptors (Lipinski definition) is 3. The molecule has 1 saturated carbocycles. The molecule has 1 atom stereocenters. The summed E-state index contributed by atoms with van der Waals surface area (Å²) in [6.07, 6.45) is 6.30. The van der Waals surface area contributed by atoms with Gasteiger partial charge in [0.25, 0.3) is 0 Å². The molecule has 2 aromatic rings. The highest BCUT2D eigenvalue weighted by atomic mass is 19.1. The summed E-state index contributed by atoms with van der Waals surface area (Å²) in [5.41, 5.74) is 2.04. The summed E-state index contributed by atoms with van der Waals surface area (Å²) < 4.78 is 13.7. The molecule has 2 saturated heterocycles. The molecule has 4 nitrogen and oxygen atoms in total. The van der Waals surface area contributed by atoms with Gasteiger partial charge in [-0.2, -0.15) is 0 Å². The van der Waals surface area contributed by atoms with Gasteiger partial charge >= 0.3 is 0 Å². The molecule has 3 aliphatic rings. The number of pyridine rings is 1. The predicted octanol–water partition coefficient (Wildman–Crippen LogP) is 4.05. The van der Waals surface area contributed by atoms with Crippen molar-refractivity contribution in [2.45, 2.75) is 51.5 Å². The molecule has 0 N–H and O–H groups in total. The number of carbonyl (C=O) groups is 1. The molecule has 5 rings (SSSR count). The number of aromatic nitrogens is 1. The van der Waals surface area contributed by atoms with Crippen LogP contribution in [0.1, 0.15) is 44.1 Å². The molecule has 0 bridgehead atoms. The molecule has 27 heavy (non-hydrogen) atoms. The summed E-state index contributed by atoms with van der Waals surface area (Å²) in [6.45, 7) is 4.89. The number of piperidine rings is 2. The number of nitrogens with zero attached hydrogens (tertiary/aromatic N) is 3. The van der Waals surface area contributed by atoms with E-state index in [1.165, 1.54) is 31.4 Å². The van der Waals surface area contributed by atoms with Crippen molar-refractivity contribution in [2.24, 2.45) is 5.41 Å². The lowest BCUT2D eigenvalue weighted by molar-refractivity contribution is -0.138. The Hall–Kier alpha value is -2.17. The van der Waals surface area contributed by atoms with Crippen molar-refractivity contribution in [3.8, 4) is 0 Å². The van der Waals surface area contributed by atoms with E-state index < -0.39 is 0 Å². The summed E-state index contributed by atoms with van der Waals surface area (Å²) in [4.78, 5) is 21.6. The minimum absolute atomic E-state index is 0.182. The average Bonchev–Trinajstić information content (AvgIpc) is 3.49. The number of likely N-dealkylation sites (tertiary alicyclic amines) is 1. The van der Waals surface area contributed by atoms with Crippen molar-refractivity contribution in [1.82, 2.24) is 9.88 Å². The molecule has 3 heterocycles. The van der Waals surface area contributed by atoms with E-state index in [2.05, 4.69) is 22.8 Å². The molecule has 0 radical (unpaired) electrons. The van der Waals surface area contributed by atoms with E-state index in [-0.39, 0.29) is 11.2 Å². The van der Waals surface area contributed by atoms with Gasteiger partial charge in [-0.3, -0.25) is 4.79 Å². The van der Waals surface area contributed by atoms with Crippen LogP contribution in [-0.4, -0.2) is 41.5 Å². The van der Waals surface area contributed by atoms with E-state index in [9.17, 15) is 9.18 Å². The van der Waals surface area contributed by atoms with Gasteiger partial charge in [-0.1, -0.05) is 0 Å². The second-order valence-electron chi connectivity index (χ2n) is 8.74. The van der Waals surface area contributed by atoms with Crippen LogP contribution in [0.4, 0.5) is 10.2 Å². The highest BCUT2D eigenvalue weighted by Crippen LogP contribution is 2.43. The van der Waals surface area contributed by atoms with Gasteiger partial charge in [-0.25, -0.2) is 9.37 Å². The molecule has 0 unspecified atom stereocenters. The quantitative estimate of drug-likeness (QED) is 0.803. The van der Waals surface area contributed by atoms with Gasteiger partial charge in [0.2, 0.25) is 5.91 Å². The minimum Gasteiger partial charge on any atom is -0.356 e. The largest absolute Gasteiger partial charge is 0.356 e. The number of fused-ring (bicyclic) bond motifs is 1. The third kappa shape index (κ3) is 3.07. The van der Waals surface area contributed by atoms with Crippen LogP contribution in [0.3, 0.4) is 0 Å². The normalized spacial score (nSPS) is 26.2. The Balaban J connectivity index is 1.44. The first-order chi connectivity index (χ1) is 13.0. The molecule has 142 valence electrons. The highest BCUT2D eigenvalue weighted by molar-refractivity contribution is 5.84. The number of benzene rings is 1. The summed E-state index contributed by atoms with van der Waals surface area (Å²) in [7, 11) is 0. The molecule has 2 aliphatic heterocycles. The maximum absolute atomic E-state index is 13.7. The van der Waals surface area contributed by atoms with Gasteiger partial charge in [-0.15, -0.1) is 0 Å². The van der Waals surface area contributed by atoms with Crippen molar-refractivity contribution in [2.75, 3.05) is 24.5 Å². The number of carbonyl (C=O) groups excluding carboxylic acids is 1. The molecule has 5 heteroatoms. The molecule has 1 aliphatic carbocycles. The van der Waals surface area contributed by atoms with Crippen LogP contribution in [0.15, 0.2) is 24.3 Å². The summed E-state index contributed by atoms with van der Waals surface area (Å²) in [5.74, 6) is 1.04. The maximum Gasteiger partial charge on any atom is 0.222 e. The molecule has 1 aromatic carbocycles. The first-order valence-corrected chi connectivity index (χ1v) is 10.1. The third-order valence-electron chi connectivity index (χ3n) is 6.63. The molecule has 3 fully saturated rings. The van der Waals surface area contributed by atoms with Crippen LogP contribution in [-0.2, 0) is 4.79 Å². The number of aryl methyl sites for hydroxylation is 1. The molecule has 1 spiro atoms. The van der Waals surface area contributed by atoms with Gasteiger partial charge < -0.3 is 9.80 Å². The zero-order valence-corrected chi connectivity index (χ0v) is 15.9. The number of rotatable bonds is 2. The van der Waals surface area contributed by atoms with Gasteiger partial charge in [-0.05, 0) is 62.8 Å². The lowest BCUT2D eigenvalue weighted by Crippen LogP contribution is -2.54. The Morgan fingerprint density at radius 2 is 2.04 bits per heavy atom. The lowest BCUT2D eigenvalue weighted by Gasteiger charge is -2.48. The number of halogens is 1. The zero-order chi connectivity index (χ0) is 18.6. The van der Waals surface area contributed by atoms with Crippen LogP contribution in [0, 0.1) is 18.2 Å². The first kappa shape index (κ1) is 17.0. The summed E-state index contributed by atoms with van der Waals surface area (Å²) >= 11 is 0. The second-order valence-corrected chi connectivity index (χ2v) is 8.74. The summed E-state index contributed by atoms with van der Waals surface area (Å²) in [6, 6.07) is 7.47. The first-order valence-electron chi connectivity index (χ1n) is 10.1. The van der Waals surface area contributed by atoms with Crippen molar-refractivity contribution < 1.29 is 9.18 Å². The van der Waals surface area contributed by atoms with Crippen LogP contribution in [0.25, 0.3) is 10.9 Å². The molecule has 1 aromatic heterocycles. The molecular weight excluding hydrogens is 341 g/mol. The Morgan fingerprint density at radius 1 is 1.19 bits per heavy atom. The van der Waals surface area contributed by atoms with Gasteiger partial charge in [0, 0.05) is 49.0 Å². The van der Waals surface area contributed by atoms with E-state index in [0.717, 1.165) is 54.8 Å². The Bertz CT molecular complexity index is 910. The number of hydrogen-bond donors (Lipinski definition) is 0. The van der Waals surface area contributed by atoms with Crippen LogP contribution < -0.4 is 4.90 Å². The van der Waals surface area contributed by atoms with Crippen LogP contribution in [0.5, 0.6) is 0 Å². The maximum atomic E-state index is 13.7. The van der Waals surface area contributed by atoms with Crippen molar-refractivity contribution in [3.05, 3.63) is 35.6 Å². The van der Waals surface area contributed by atoms with Gasteiger partial charge in [0.15, 0.2) is 0 Å². The van der Waals surface area contributed by atoms with E-state index >= 15 is 0 Å². The standard InChI is InChI=1S/C22H26FN3O/c1-15-11-20(24-19-12-16(23)3-6-18(15)19)25-10-2-8-22(13-25)9-7-21(27)26(14-22)17-4-5-17/h3,6,11-12,17H,2,4-5,7-10,13-14H2,1H3/t22-/m1/s1. The van der Waals surface area contributed by atoms with E-state index in [4.69, 9.17) is 4.98 Å². The number of anilines is 1. The van der Waals surface area contributed by atoms with Crippen LogP contribution in [0.2, 0.25) is 0 Å². The number of amides is 1. The Labute approximate surface area is 159 Å². The minimum atomic E-state index is -0.243. The second kappa shape index (κ2) is 6.18. The van der Waals surface area contributed by atoms with E-state index in [1.807, 2.05) is 6.07 Å². The van der Waals surface area contributed by atoms with E-state index in [1.54, 1.807) is 0 Å². The Morgan fingerprint density at radius 3 is 2.85 bits per heavy atom. The van der Waals surface area contributed by atoms with Crippen molar-refractivity contribution in [3.63, 3.8) is 0 Å². The fourth-order valence-corrected chi connectivity index (χ4v) is 5.02.